The molecule has 1 rings (SSSR count). The van der Waals surface area contributed by atoms with E-state index < -0.39 is 0 Å². The van der Waals surface area contributed by atoms with Crippen LogP contribution in [0.4, 0.5) is 0 Å². The van der Waals surface area contributed by atoms with Crippen LogP contribution in [0.2, 0.25) is 0 Å². The van der Waals surface area contributed by atoms with Gasteiger partial charge in [0.1, 0.15) is 0 Å². The van der Waals surface area contributed by atoms with Crippen molar-refractivity contribution in [1.29, 1.82) is 0 Å². The van der Waals surface area contributed by atoms with Crippen LogP contribution >= 0.6 is 0 Å². The van der Waals surface area contributed by atoms with Crippen LogP contribution in [-0.4, -0.2) is 74.4 Å². The summed E-state index contributed by atoms with van der Waals surface area (Å²) in [7, 11) is 1.80. The van der Waals surface area contributed by atoms with E-state index in [-0.39, 0.29) is 0 Å². The van der Waals surface area contributed by atoms with Gasteiger partial charge in [-0.15, -0.1) is 0 Å². The first-order valence-electron chi connectivity index (χ1n) is 7.25. The molecule has 4 nitrogen and oxygen atoms in total. The largest absolute Gasteiger partial charge is 0.383 e. The molecule has 1 N–H and O–H groups in total. The van der Waals surface area contributed by atoms with Gasteiger partial charge < -0.3 is 10.1 Å². The van der Waals surface area contributed by atoms with E-state index in [1.165, 1.54) is 6.54 Å². The normalized spacial score (nSPS) is 23.2. The van der Waals surface area contributed by atoms with Crippen molar-refractivity contribution in [3.63, 3.8) is 0 Å². The van der Waals surface area contributed by atoms with E-state index in [0.29, 0.717) is 18.1 Å². The average molecular weight is 257 g/mol. The molecule has 0 aromatic rings. The minimum absolute atomic E-state index is 0.544. The summed E-state index contributed by atoms with van der Waals surface area (Å²) in [4.78, 5) is 5.12. The molecule has 1 aliphatic heterocycles. The third kappa shape index (κ3) is 5.22. The molecule has 1 atom stereocenters. The number of nitrogens with one attached hydrogen (secondary N) is 1. The summed E-state index contributed by atoms with van der Waals surface area (Å²) in [6.07, 6.45) is 0. The second kappa shape index (κ2) is 8.10. The van der Waals surface area contributed by atoms with E-state index in [1.54, 1.807) is 7.11 Å². The van der Waals surface area contributed by atoms with Crippen molar-refractivity contribution in [3.8, 4) is 0 Å². The Morgan fingerprint density at radius 2 is 1.94 bits per heavy atom. The standard InChI is InChI=1S/C14H31N3O/c1-12(2)15-6-7-16-8-9-17(13(3)4)14(10-16)11-18-5/h12-15H,6-11H2,1-5H3/t14-/m1/s1. The lowest BCUT2D eigenvalue weighted by molar-refractivity contribution is 0.00864. The number of methoxy groups -OCH3 is 1. The number of rotatable bonds is 7. The molecule has 1 heterocycles. The number of hydrogen-bond acceptors (Lipinski definition) is 4. The molecule has 0 aromatic carbocycles. The van der Waals surface area contributed by atoms with Crippen molar-refractivity contribution in [1.82, 2.24) is 15.1 Å². The summed E-state index contributed by atoms with van der Waals surface area (Å²) >= 11 is 0. The molecule has 0 radical (unpaired) electrons. The Kier molecular flexibility index (Phi) is 7.15. The average Bonchev–Trinajstić information content (AvgIpc) is 2.29. The van der Waals surface area contributed by atoms with Crippen LogP contribution in [-0.2, 0) is 4.74 Å². The Morgan fingerprint density at radius 1 is 1.22 bits per heavy atom. The molecule has 0 aliphatic carbocycles. The zero-order chi connectivity index (χ0) is 13.5. The molecule has 0 spiro atoms. The summed E-state index contributed by atoms with van der Waals surface area (Å²) in [6, 6.07) is 1.74. The summed E-state index contributed by atoms with van der Waals surface area (Å²) < 4.78 is 5.37. The Hall–Kier alpha value is -0.160. The Bertz CT molecular complexity index is 219. The third-order valence-electron chi connectivity index (χ3n) is 3.62. The Labute approximate surface area is 113 Å². The first kappa shape index (κ1) is 15.9. The van der Waals surface area contributed by atoms with Crippen LogP contribution in [0.3, 0.4) is 0 Å². The van der Waals surface area contributed by atoms with Crippen molar-refractivity contribution in [3.05, 3.63) is 0 Å². The second-order valence-corrected chi connectivity index (χ2v) is 5.85. The lowest BCUT2D eigenvalue weighted by Crippen LogP contribution is -2.57. The summed E-state index contributed by atoms with van der Waals surface area (Å²) in [5.74, 6) is 0. The van der Waals surface area contributed by atoms with E-state index in [1.807, 2.05) is 0 Å². The van der Waals surface area contributed by atoms with Gasteiger partial charge in [0.25, 0.3) is 0 Å². The van der Waals surface area contributed by atoms with Crippen LogP contribution in [0.5, 0.6) is 0 Å². The van der Waals surface area contributed by atoms with Gasteiger partial charge >= 0.3 is 0 Å². The smallest absolute Gasteiger partial charge is 0.0630 e. The van der Waals surface area contributed by atoms with Crippen LogP contribution in [0.15, 0.2) is 0 Å². The maximum Gasteiger partial charge on any atom is 0.0630 e. The van der Waals surface area contributed by atoms with Gasteiger partial charge in [-0.2, -0.15) is 0 Å². The van der Waals surface area contributed by atoms with Gasteiger partial charge in [-0.3, -0.25) is 9.80 Å². The molecule has 0 saturated carbocycles. The lowest BCUT2D eigenvalue weighted by Gasteiger charge is -2.43. The molecule has 0 amide bonds. The molecular formula is C14H31N3O. The molecular weight excluding hydrogens is 226 g/mol. The molecule has 1 aliphatic rings. The fourth-order valence-corrected chi connectivity index (χ4v) is 2.67. The van der Waals surface area contributed by atoms with E-state index in [4.69, 9.17) is 4.74 Å². The van der Waals surface area contributed by atoms with Crippen molar-refractivity contribution in [2.45, 2.75) is 45.8 Å². The summed E-state index contributed by atoms with van der Waals surface area (Å²) in [6.45, 7) is 15.5. The van der Waals surface area contributed by atoms with Crippen LogP contribution in [0, 0.1) is 0 Å². The van der Waals surface area contributed by atoms with Crippen molar-refractivity contribution < 1.29 is 4.74 Å². The number of nitrogens with zero attached hydrogens (tertiary/aromatic N) is 2. The number of hydrogen-bond donors (Lipinski definition) is 1. The predicted octanol–water partition coefficient (Wildman–Crippen LogP) is 1.03. The molecule has 4 heteroatoms. The highest BCUT2D eigenvalue weighted by atomic mass is 16.5. The highest BCUT2D eigenvalue weighted by Crippen LogP contribution is 2.13. The molecule has 0 bridgehead atoms. The zero-order valence-corrected chi connectivity index (χ0v) is 12.8. The maximum absolute atomic E-state index is 5.37. The van der Waals surface area contributed by atoms with Gasteiger partial charge in [0, 0.05) is 58.0 Å². The van der Waals surface area contributed by atoms with Gasteiger partial charge in [-0.1, -0.05) is 13.8 Å². The zero-order valence-electron chi connectivity index (χ0n) is 12.8. The van der Waals surface area contributed by atoms with E-state index in [9.17, 15) is 0 Å². The van der Waals surface area contributed by atoms with Crippen LogP contribution in [0.1, 0.15) is 27.7 Å². The van der Waals surface area contributed by atoms with Gasteiger partial charge in [0.15, 0.2) is 0 Å². The monoisotopic (exact) mass is 257 g/mol. The highest BCUT2D eigenvalue weighted by Gasteiger charge is 2.28. The maximum atomic E-state index is 5.37. The van der Waals surface area contributed by atoms with Gasteiger partial charge in [0.05, 0.1) is 6.61 Å². The summed E-state index contributed by atoms with van der Waals surface area (Å²) in [5.41, 5.74) is 0. The van der Waals surface area contributed by atoms with E-state index in [0.717, 1.165) is 32.8 Å². The number of ether oxygens (including phenoxy) is 1. The topological polar surface area (TPSA) is 27.7 Å². The fraction of sp³-hybridized carbons (Fsp3) is 1.00. The lowest BCUT2D eigenvalue weighted by atomic mass is 10.1. The third-order valence-corrected chi connectivity index (χ3v) is 3.62. The Morgan fingerprint density at radius 3 is 2.50 bits per heavy atom. The molecule has 1 fully saturated rings. The molecule has 0 unspecified atom stereocenters. The second-order valence-electron chi connectivity index (χ2n) is 5.85. The van der Waals surface area contributed by atoms with E-state index >= 15 is 0 Å². The highest BCUT2D eigenvalue weighted by molar-refractivity contribution is 4.84. The van der Waals surface area contributed by atoms with Gasteiger partial charge in [-0.25, -0.2) is 0 Å². The van der Waals surface area contributed by atoms with Gasteiger partial charge in [0.2, 0.25) is 0 Å². The summed E-state index contributed by atoms with van der Waals surface area (Å²) in [5, 5.41) is 3.49. The Balaban J connectivity index is 2.37. The quantitative estimate of drug-likeness (QED) is 0.737. The first-order chi connectivity index (χ1) is 8.54. The minimum Gasteiger partial charge on any atom is -0.383 e. The SMILES string of the molecule is COC[C@H]1CN(CCNC(C)C)CCN1C(C)C. The van der Waals surface area contributed by atoms with Crippen molar-refractivity contribution in [2.24, 2.45) is 0 Å². The van der Waals surface area contributed by atoms with Crippen molar-refractivity contribution >= 4 is 0 Å². The molecule has 108 valence electrons. The molecule has 0 aromatic heterocycles. The minimum atomic E-state index is 0.544. The molecule has 18 heavy (non-hydrogen) atoms. The van der Waals surface area contributed by atoms with Gasteiger partial charge in [-0.05, 0) is 13.8 Å². The first-order valence-corrected chi connectivity index (χ1v) is 7.25. The number of piperazine rings is 1. The molecule has 1 saturated heterocycles. The van der Waals surface area contributed by atoms with Crippen LogP contribution in [0.25, 0.3) is 0 Å². The van der Waals surface area contributed by atoms with Crippen LogP contribution < -0.4 is 5.32 Å². The predicted molar refractivity (Wildman–Crippen MR) is 77.1 cm³/mol. The fourth-order valence-electron chi connectivity index (χ4n) is 2.67. The van der Waals surface area contributed by atoms with Crippen molar-refractivity contribution in [2.75, 3.05) is 46.4 Å². The van der Waals surface area contributed by atoms with E-state index in [2.05, 4.69) is 42.8 Å².